The Labute approximate surface area is 128 Å². The van der Waals surface area contributed by atoms with Crippen molar-refractivity contribution in [3.05, 3.63) is 29.8 Å². The highest BCUT2D eigenvalue weighted by atomic mass is 16.5. The van der Waals surface area contributed by atoms with Crippen LogP contribution in [0.25, 0.3) is 0 Å². The maximum Gasteiger partial charge on any atom is 0.119 e. The molecule has 0 bridgehead atoms. The molecule has 118 valence electrons. The first-order valence-corrected chi connectivity index (χ1v) is 7.95. The molecule has 1 saturated heterocycles. The molecule has 4 heteroatoms. The van der Waals surface area contributed by atoms with Crippen LogP contribution in [0.2, 0.25) is 0 Å². The maximum atomic E-state index is 6.03. The van der Waals surface area contributed by atoms with Crippen molar-refractivity contribution >= 4 is 0 Å². The zero-order valence-corrected chi connectivity index (χ0v) is 13.3. The average molecular weight is 292 g/mol. The fourth-order valence-electron chi connectivity index (χ4n) is 3.01. The predicted molar refractivity (Wildman–Crippen MR) is 85.6 cm³/mol. The minimum Gasteiger partial charge on any atom is -0.494 e. The molecule has 0 saturated carbocycles. The standard InChI is InChI=1S/C17H28N2O2/c1-3-21-16-6-4-5-15(11-16)17(12-18)19(2)13-14-7-9-20-10-8-14/h4-6,11,14,17H,3,7-10,12-13,18H2,1-2H3. The Hall–Kier alpha value is -1.10. The lowest BCUT2D eigenvalue weighted by molar-refractivity contribution is 0.0507. The van der Waals surface area contributed by atoms with Gasteiger partial charge in [-0.05, 0) is 50.4 Å². The first-order chi connectivity index (χ1) is 10.2. The number of nitrogens with two attached hydrogens (primary N) is 1. The third kappa shape index (κ3) is 4.70. The van der Waals surface area contributed by atoms with Crippen molar-refractivity contribution in [2.45, 2.75) is 25.8 Å². The third-order valence-electron chi connectivity index (χ3n) is 4.20. The molecule has 0 aliphatic carbocycles. The predicted octanol–water partition coefficient (Wildman–Crippen LogP) is 2.44. The summed E-state index contributed by atoms with van der Waals surface area (Å²) in [6.45, 7) is 6.18. The molecule has 2 N–H and O–H groups in total. The zero-order valence-electron chi connectivity index (χ0n) is 13.3. The number of hydrogen-bond donors (Lipinski definition) is 1. The Morgan fingerprint density at radius 2 is 2.14 bits per heavy atom. The van der Waals surface area contributed by atoms with Gasteiger partial charge in [0, 0.05) is 32.3 Å². The van der Waals surface area contributed by atoms with Crippen LogP contribution < -0.4 is 10.5 Å². The molecule has 1 aromatic carbocycles. The number of benzene rings is 1. The third-order valence-corrected chi connectivity index (χ3v) is 4.20. The zero-order chi connectivity index (χ0) is 15.1. The summed E-state index contributed by atoms with van der Waals surface area (Å²) < 4.78 is 11.0. The smallest absolute Gasteiger partial charge is 0.119 e. The molecule has 1 fully saturated rings. The highest BCUT2D eigenvalue weighted by molar-refractivity contribution is 5.30. The number of ether oxygens (including phenoxy) is 2. The van der Waals surface area contributed by atoms with Gasteiger partial charge in [-0.15, -0.1) is 0 Å². The molecule has 0 spiro atoms. The van der Waals surface area contributed by atoms with Crippen LogP contribution in [0.4, 0.5) is 0 Å². The minimum atomic E-state index is 0.244. The highest BCUT2D eigenvalue weighted by Gasteiger charge is 2.21. The van der Waals surface area contributed by atoms with Crippen molar-refractivity contribution in [2.75, 3.05) is 40.0 Å². The molecule has 0 aromatic heterocycles. The van der Waals surface area contributed by atoms with Gasteiger partial charge < -0.3 is 15.2 Å². The lowest BCUT2D eigenvalue weighted by atomic mass is 9.97. The van der Waals surface area contributed by atoms with Crippen molar-refractivity contribution in [1.29, 1.82) is 0 Å². The summed E-state index contributed by atoms with van der Waals surface area (Å²) >= 11 is 0. The topological polar surface area (TPSA) is 47.7 Å². The van der Waals surface area contributed by atoms with Gasteiger partial charge in [0.1, 0.15) is 5.75 Å². The number of likely N-dealkylation sites (N-methyl/N-ethyl adjacent to an activating group) is 1. The van der Waals surface area contributed by atoms with Crippen LogP contribution in [0.5, 0.6) is 5.75 Å². The Balaban J connectivity index is 2.01. The summed E-state index contributed by atoms with van der Waals surface area (Å²) in [7, 11) is 2.17. The van der Waals surface area contributed by atoms with Gasteiger partial charge in [0.05, 0.1) is 6.61 Å². The van der Waals surface area contributed by atoms with Gasteiger partial charge in [0.15, 0.2) is 0 Å². The molecule has 0 radical (unpaired) electrons. The number of rotatable bonds is 7. The molecular formula is C17H28N2O2. The Morgan fingerprint density at radius 3 is 2.81 bits per heavy atom. The van der Waals surface area contributed by atoms with Crippen LogP contribution in [0.3, 0.4) is 0 Å². The van der Waals surface area contributed by atoms with E-state index in [0.717, 1.165) is 38.3 Å². The Morgan fingerprint density at radius 1 is 1.38 bits per heavy atom. The molecule has 1 aromatic rings. The second-order valence-corrected chi connectivity index (χ2v) is 5.75. The van der Waals surface area contributed by atoms with E-state index in [1.54, 1.807) is 0 Å². The van der Waals surface area contributed by atoms with Gasteiger partial charge in [-0.3, -0.25) is 4.90 Å². The van der Waals surface area contributed by atoms with Crippen LogP contribution in [0.15, 0.2) is 24.3 Å². The van der Waals surface area contributed by atoms with E-state index < -0.39 is 0 Å². The van der Waals surface area contributed by atoms with Crippen LogP contribution in [-0.4, -0.2) is 44.9 Å². The molecular weight excluding hydrogens is 264 g/mol. The molecule has 1 unspecified atom stereocenters. The molecule has 1 aliphatic rings. The molecule has 4 nitrogen and oxygen atoms in total. The van der Waals surface area contributed by atoms with E-state index in [9.17, 15) is 0 Å². The summed E-state index contributed by atoms with van der Waals surface area (Å²) in [5.74, 6) is 1.64. The largest absolute Gasteiger partial charge is 0.494 e. The van der Waals surface area contributed by atoms with E-state index in [-0.39, 0.29) is 6.04 Å². The van der Waals surface area contributed by atoms with Gasteiger partial charge >= 0.3 is 0 Å². The lowest BCUT2D eigenvalue weighted by Crippen LogP contribution is -2.36. The summed E-state index contributed by atoms with van der Waals surface area (Å²) in [5, 5.41) is 0. The van der Waals surface area contributed by atoms with Crippen molar-refractivity contribution in [2.24, 2.45) is 11.7 Å². The Kier molecular flexibility index (Phi) is 6.49. The van der Waals surface area contributed by atoms with Gasteiger partial charge in [0.25, 0.3) is 0 Å². The van der Waals surface area contributed by atoms with Crippen molar-refractivity contribution < 1.29 is 9.47 Å². The minimum absolute atomic E-state index is 0.244. The summed E-state index contributed by atoms with van der Waals surface area (Å²) in [6, 6.07) is 8.54. The van der Waals surface area contributed by atoms with Crippen LogP contribution in [0.1, 0.15) is 31.4 Å². The normalized spacial score (nSPS) is 17.9. The van der Waals surface area contributed by atoms with E-state index in [1.165, 1.54) is 5.56 Å². The van der Waals surface area contributed by atoms with Crippen molar-refractivity contribution in [1.82, 2.24) is 4.90 Å². The maximum absolute atomic E-state index is 6.03. The molecule has 1 atom stereocenters. The molecule has 2 rings (SSSR count). The lowest BCUT2D eigenvalue weighted by Gasteiger charge is -2.32. The van der Waals surface area contributed by atoms with Crippen molar-refractivity contribution in [3.63, 3.8) is 0 Å². The summed E-state index contributed by atoms with van der Waals surface area (Å²) in [4.78, 5) is 2.38. The highest BCUT2D eigenvalue weighted by Crippen LogP contribution is 2.25. The first kappa shape index (κ1) is 16.3. The second kappa shape index (κ2) is 8.37. The fraction of sp³-hybridized carbons (Fsp3) is 0.647. The van der Waals surface area contributed by atoms with Gasteiger partial charge in [0.2, 0.25) is 0 Å². The molecule has 21 heavy (non-hydrogen) atoms. The van der Waals surface area contributed by atoms with Gasteiger partial charge in [-0.25, -0.2) is 0 Å². The summed E-state index contributed by atoms with van der Waals surface area (Å²) in [6.07, 6.45) is 2.31. The SMILES string of the molecule is CCOc1cccc(C(CN)N(C)CC2CCOCC2)c1. The first-order valence-electron chi connectivity index (χ1n) is 7.95. The van der Waals surface area contributed by atoms with Crippen LogP contribution >= 0.6 is 0 Å². The van der Waals surface area contributed by atoms with E-state index in [1.807, 2.05) is 19.1 Å². The molecule has 1 heterocycles. The van der Waals surface area contributed by atoms with Crippen LogP contribution in [0, 0.1) is 5.92 Å². The molecule has 1 aliphatic heterocycles. The second-order valence-electron chi connectivity index (χ2n) is 5.75. The van der Waals surface area contributed by atoms with Gasteiger partial charge in [-0.2, -0.15) is 0 Å². The fourth-order valence-corrected chi connectivity index (χ4v) is 3.01. The van der Waals surface area contributed by atoms with Crippen molar-refractivity contribution in [3.8, 4) is 5.75 Å². The number of hydrogen-bond acceptors (Lipinski definition) is 4. The molecule has 0 amide bonds. The Bertz CT molecular complexity index is 419. The average Bonchev–Trinajstić information content (AvgIpc) is 2.50. The van der Waals surface area contributed by atoms with Crippen LogP contribution in [-0.2, 0) is 4.74 Å². The quantitative estimate of drug-likeness (QED) is 0.838. The monoisotopic (exact) mass is 292 g/mol. The van der Waals surface area contributed by atoms with E-state index in [4.69, 9.17) is 15.2 Å². The summed E-state index contributed by atoms with van der Waals surface area (Å²) in [5.41, 5.74) is 7.26. The van der Waals surface area contributed by atoms with E-state index >= 15 is 0 Å². The van der Waals surface area contributed by atoms with E-state index in [2.05, 4.69) is 24.1 Å². The van der Waals surface area contributed by atoms with E-state index in [0.29, 0.717) is 19.1 Å². The number of nitrogens with zero attached hydrogens (tertiary/aromatic N) is 1. The van der Waals surface area contributed by atoms with Gasteiger partial charge in [-0.1, -0.05) is 12.1 Å².